The monoisotopic (exact) mass is 299 g/mol. The second-order valence-electron chi connectivity index (χ2n) is 5.01. The molecule has 110 valence electrons. The highest BCUT2D eigenvalue weighted by Crippen LogP contribution is 2.32. The van der Waals surface area contributed by atoms with Crippen LogP contribution >= 0.6 is 0 Å². The summed E-state index contributed by atoms with van der Waals surface area (Å²) in [4.78, 5) is 8.70. The first-order valence-electron chi connectivity index (χ1n) is 6.65. The number of imidazole rings is 1. The Balaban J connectivity index is 1.98. The molecule has 0 radical (unpaired) electrons. The number of hydrogen-bond donors (Lipinski definition) is 2. The molecule has 0 saturated heterocycles. The van der Waals surface area contributed by atoms with Crippen LogP contribution in [0.5, 0.6) is 0 Å². The topological polar surface area (TPSA) is 68.2 Å². The van der Waals surface area contributed by atoms with E-state index in [4.69, 9.17) is 5.73 Å². The first kappa shape index (κ1) is 12.8. The van der Waals surface area contributed by atoms with Gasteiger partial charge in [0.25, 0.3) is 0 Å². The van der Waals surface area contributed by atoms with Gasteiger partial charge in [-0.15, -0.1) is 0 Å². The normalized spacial score (nSPS) is 17.0. The zero-order valence-corrected chi connectivity index (χ0v) is 11.3. The van der Waals surface area contributed by atoms with E-state index in [1.165, 1.54) is 12.1 Å². The molecule has 0 bridgehead atoms. The van der Waals surface area contributed by atoms with Gasteiger partial charge >= 0.3 is 0 Å². The van der Waals surface area contributed by atoms with Crippen molar-refractivity contribution in [1.29, 1.82) is 0 Å². The van der Waals surface area contributed by atoms with E-state index in [0.717, 1.165) is 17.1 Å². The number of halogens is 2. The number of nitrogens with zero attached hydrogens (tertiary/aromatic N) is 3. The Morgan fingerprint density at radius 2 is 1.82 bits per heavy atom. The van der Waals surface area contributed by atoms with Crippen LogP contribution in [0.2, 0.25) is 0 Å². The first-order chi connectivity index (χ1) is 10.6. The van der Waals surface area contributed by atoms with Crippen LogP contribution in [0.4, 0.5) is 14.7 Å². The Labute approximate surface area is 124 Å². The Bertz CT molecular complexity index is 895. The summed E-state index contributed by atoms with van der Waals surface area (Å²) in [6.45, 7) is 0. The van der Waals surface area contributed by atoms with Crippen molar-refractivity contribution in [3.8, 4) is 0 Å². The lowest BCUT2D eigenvalue weighted by Gasteiger charge is -2.23. The molecule has 0 spiro atoms. The van der Waals surface area contributed by atoms with Crippen LogP contribution in [0.1, 0.15) is 11.7 Å². The van der Waals surface area contributed by atoms with Gasteiger partial charge in [-0.05, 0) is 24.3 Å². The molecule has 0 fully saturated rings. The second-order valence-corrected chi connectivity index (χ2v) is 5.01. The van der Waals surface area contributed by atoms with Gasteiger partial charge < -0.3 is 5.73 Å². The third kappa shape index (κ3) is 1.90. The average Bonchev–Trinajstić information content (AvgIpc) is 2.83. The highest BCUT2D eigenvalue weighted by molar-refractivity contribution is 5.94. The van der Waals surface area contributed by atoms with E-state index in [9.17, 15) is 8.78 Å². The molecule has 4 rings (SSSR count). The Hall–Kier alpha value is -2.96. The summed E-state index contributed by atoms with van der Waals surface area (Å²) in [6.07, 6.45) is -0.672. The lowest BCUT2D eigenvalue weighted by molar-refractivity contribution is 0.561. The molecule has 3 aromatic rings. The maximum atomic E-state index is 13.5. The van der Waals surface area contributed by atoms with Crippen molar-refractivity contribution in [2.45, 2.75) is 6.17 Å². The van der Waals surface area contributed by atoms with Crippen LogP contribution in [-0.2, 0) is 0 Å². The predicted octanol–water partition coefficient (Wildman–Crippen LogP) is 2.60. The number of nitrogens with two attached hydrogens (primary N) is 1. The predicted molar refractivity (Wildman–Crippen MR) is 79.5 cm³/mol. The molecule has 0 aliphatic carbocycles. The molecule has 1 aromatic heterocycles. The average molecular weight is 299 g/mol. The summed E-state index contributed by atoms with van der Waals surface area (Å²) in [6, 6.07) is 10.8. The van der Waals surface area contributed by atoms with E-state index in [2.05, 4.69) is 15.3 Å². The number of para-hydroxylation sites is 2. The van der Waals surface area contributed by atoms with Gasteiger partial charge in [0.2, 0.25) is 5.95 Å². The molecule has 0 unspecified atom stereocenters. The fraction of sp³-hybridized carbons (Fsp3) is 0.0667. The summed E-state index contributed by atoms with van der Waals surface area (Å²) < 4.78 is 28.8. The SMILES string of the molecule is NC1=N[C@H](c2cc(F)cc(F)c2)n2c(nc3ccccc32)N1. The highest BCUT2D eigenvalue weighted by Gasteiger charge is 2.25. The molecule has 2 aromatic carbocycles. The molecule has 2 heterocycles. The number of aliphatic imine (C=N–C) groups is 1. The van der Waals surface area contributed by atoms with E-state index in [1.807, 2.05) is 24.3 Å². The van der Waals surface area contributed by atoms with Crippen molar-refractivity contribution in [3.05, 3.63) is 59.7 Å². The van der Waals surface area contributed by atoms with Crippen LogP contribution in [0.15, 0.2) is 47.5 Å². The third-order valence-corrected chi connectivity index (χ3v) is 3.52. The maximum Gasteiger partial charge on any atom is 0.212 e. The quantitative estimate of drug-likeness (QED) is 0.725. The summed E-state index contributed by atoms with van der Waals surface area (Å²) in [5.41, 5.74) is 7.69. The number of benzene rings is 2. The third-order valence-electron chi connectivity index (χ3n) is 3.52. The number of anilines is 1. The molecule has 1 aliphatic rings. The highest BCUT2D eigenvalue weighted by atomic mass is 19.1. The first-order valence-corrected chi connectivity index (χ1v) is 6.65. The molecule has 5 nitrogen and oxygen atoms in total. The zero-order chi connectivity index (χ0) is 15.3. The van der Waals surface area contributed by atoms with Crippen LogP contribution in [0.3, 0.4) is 0 Å². The largest absolute Gasteiger partial charge is 0.370 e. The lowest BCUT2D eigenvalue weighted by Crippen LogP contribution is -2.31. The van der Waals surface area contributed by atoms with Gasteiger partial charge in [-0.25, -0.2) is 18.8 Å². The van der Waals surface area contributed by atoms with E-state index >= 15 is 0 Å². The van der Waals surface area contributed by atoms with Crippen LogP contribution in [-0.4, -0.2) is 15.5 Å². The van der Waals surface area contributed by atoms with E-state index in [-0.39, 0.29) is 5.96 Å². The van der Waals surface area contributed by atoms with Crippen molar-refractivity contribution in [3.63, 3.8) is 0 Å². The second kappa shape index (κ2) is 4.52. The molecular weight excluding hydrogens is 288 g/mol. The summed E-state index contributed by atoms with van der Waals surface area (Å²) in [5, 5.41) is 2.87. The van der Waals surface area contributed by atoms with Crippen molar-refractivity contribution < 1.29 is 8.78 Å². The maximum absolute atomic E-state index is 13.5. The van der Waals surface area contributed by atoms with E-state index in [0.29, 0.717) is 11.5 Å². The fourth-order valence-electron chi connectivity index (χ4n) is 2.66. The van der Waals surface area contributed by atoms with Crippen molar-refractivity contribution >= 4 is 22.9 Å². The van der Waals surface area contributed by atoms with Crippen molar-refractivity contribution in [1.82, 2.24) is 9.55 Å². The molecule has 7 heteroatoms. The van der Waals surface area contributed by atoms with Gasteiger partial charge in [0.05, 0.1) is 11.0 Å². The molecule has 1 atom stereocenters. The van der Waals surface area contributed by atoms with Gasteiger partial charge in [-0.2, -0.15) is 0 Å². The Morgan fingerprint density at radius 1 is 1.09 bits per heavy atom. The smallest absolute Gasteiger partial charge is 0.212 e. The Morgan fingerprint density at radius 3 is 2.59 bits per heavy atom. The number of guanidine groups is 1. The van der Waals surface area contributed by atoms with Gasteiger partial charge in [0.15, 0.2) is 12.1 Å². The number of rotatable bonds is 1. The Kier molecular flexibility index (Phi) is 2.62. The summed E-state index contributed by atoms with van der Waals surface area (Å²) >= 11 is 0. The summed E-state index contributed by atoms with van der Waals surface area (Å²) in [5.74, 6) is -0.678. The van der Waals surface area contributed by atoms with Gasteiger partial charge in [-0.3, -0.25) is 9.88 Å². The van der Waals surface area contributed by atoms with Crippen LogP contribution < -0.4 is 11.1 Å². The molecule has 0 saturated carbocycles. The van der Waals surface area contributed by atoms with Gasteiger partial charge in [-0.1, -0.05) is 12.1 Å². The molecule has 3 N–H and O–H groups in total. The van der Waals surface area contributed by atoms with Gasteiger partial charge in [0, 0.05) is 11.6 Å². The molecule has 1 aliphatic heterocycles. The fourth-order valence-corrected chi connectivity index (χ4v) is 2.66. The number of aromatic nitrogens is 2. The standard InChI is InChI=1S/C15H11F2N5/c16-9-5-8(6-10(17)7-9)13-20-14(18)21-15-19-11-3-1-2-4-12(11)22(13)15/h1-7,13H,(H3,18,19,20,21)/t13-/m0/s1. The van der Waals surface area contributed by atoms with E-state index < -0.39 is 17.8 Å². The molecule has 22 heavy (non-hydrogen) atoms. The lowest BCUT2D eigenvalue weighted by atomic mass is 10.1. The molecule has 0 amide bonds. The number of fused-ring (bicyclic) bond motifs is 3. The van der Waals surface area contributed by atoms with Crippen molar-refractivity contribution in [2.75, 3.05) is 5.32 Å². The van der Waals surface area contributed by atoms with Crippen LogP contribution in [0.25, 0.3) is 11.0 Å². The zero-order valence-electron chi connectivity index (χ0n) is 11.3. The molecular formula is C15H11F2N5. The minimum atomic E-state index is -0.672. The minimum Gasteiger partial charge on any atom is -0.370 e. The van der Waals surface area contributed by atoms with Crippen LogP contribution in [0, 0.1) is 11.6 Å². The minimum absolute atomic E-state index is 0.150. The van der Waals surface area contributed by atoms with E-state index in [1.54, 1.807) is 4.57 Å². The number of nitrogens with one attached hydrogen (secondary N) is 1. The van der Waals surface area contributed by atoms with Gasteiger partial charge in [0.1, 0.15) is 11.6 Å². The van der Waals surface area contributed by atoms with Crippen molar-refractivity contribution in [2.24, 2.45) is 10.7 Å². The number of hydrogen-bond acceptors (Lipinski definition) is 4. The summed E-state index contributed by atoms with van der Waals surface area (Å²) in [7, 11) is 0.